The number of hydrogen-bond donors (Lipinski definition) is 2. The number of carbonyl (C=O) groups excluding carboxylic acids is 1. The molecule has 0 aliphatic heterocycles. The molecule has 2 N–H and O–H groups in total. The summed E-state index contributed by atoms with van der Waals surface area (Å²) in [5, 5.41) is 5.89. The van der Waals surface area contributed by atoms with Crippen molar-refractivity contribution in [2.24, 2.45) is 0 Å². The monoisotopic (exact) mass is 250 g/mol. The summed E-state index contributed by atoms with van der Waals surface area (Å²) in [5.74, 6) is 0.828. The summed E-state index contributed by atoms with van der Waals surface area (Å²) in [4.78, 5) is 11.4. The maximum Gasteiger partial charge on any atom is 0.239 e. The first-order chi connectivity index (χ1) is 8.47. The van der Waals surface area contributed by atoms with E-state index in [1.54, 1.807) is 0 Å². The van der Waals surface area contributed by atoms with E-state index in [4.69, 9.17) is 4.74 Å². The van der Waals surface area contributed by atoms with Crippen LogP contribution in [0.5, 0.6) is 5.75 Å². The molecule has 1 aromatic carbocycles. The third-order valence-corrected chi connectivity index (χ3v) is 2.13. The molecule has 0 saturated carbocycles. The molecular formula is C14H22N2O2. The normalized spacial score (nSPS) is 10.6. The summed E-state index contributed by atoms with van der Waals surface area (Å²) in [6, 6.07) is 7.76. The van der Waals surface area contributed by atoms with Crippen LogP contribution in [0.25, 0.3) is 0 Å². The van der Waals surface area contributed by atoms with E-state index in [0.717, 1.165) is 11.4 Å². The van der Waals surface area contributed by atoms with Crippen LogP contribution >= 0.6 is 0 Å². The standard InChI is InChI=1S/C14H22N2O2/c1-10(2)16-14(17)9-15-12-5-7-13(8-6-12)18-11(3)4/h5-8,10-11,15H,9H2,1-4H3,(H,16,17). The van der Waals surface area contributed by atoms with Crippen molar-refractivity contribution in [1.82, 2.24) is 5.32 Å². The van der Waals surface area contributed by atoms with Gasteiger partial charge in [-0.1, -0.05) is 0 Å². The average molecular weight is 250 g/mol. The zero-order valence-electron chi connectivity index (χ0n) is 11.5. The lowest BCUT2D eigenvalue weighted by molar-refractivity contribution is -0.119. The molecule has 18 heavy (non-hydrogen) atoms. The Morgan fingerprint density at radius 3 is 2.28 bits per heavy atom. The topological polar surface area (TPSA) is 50.4 Å². The minimum absolute atomic E-state index is 0.00694. The van der Waals surface area contributed by atoms with Crippen molar-refractivity contribution in [3.63, 3.8) is 0 Å². The van der Waals surface area contributed by atoms with Gasteiger partial charge in [0.15, 0.2) is 0 Å². The zero-order chi connectivity index (χ0) is 13.5. The van der Waals surface area contributed by atoms with E-state index in [-0.39, 0.29) is 24.6 Å². The number of anilines is 1. The highest BCUT2D eigenvalue weighted by Crippen LogP contribution is 2.16. The van der Waals surface area contributed by atoms with Crippen molar-refractivity contribution in [3.05, 3.63) is 24.3 Å². The van der Waals surface area contributed by atoms with Gasteiger partial charge >= 0.3 is 0 Å². The first-order valence-electron chi connectivity index (χ1n) is 6.27. The Hall–Kier alpha value is -1.71. The Kier molecular flexibility index (Phi) is 5.49. The molecule has 0 bridgehead atoms. The Morgan fingerprint density at radius 1 is 1.17 bits per heavy atom. The van der Waals surface area contributed by atoms with Gasteiger partial charge in [-0.2, -0.15) is 0 Å². The lowest BCUT2D eigenvalue weighted by Crippen LogP contribution is -2.34. The van der Waals surface area contributed by atoms with E-state index in [2.05, 4.69) is 10.6 Å². The van der Waals surface area contributed by atoms with E-state index >= 15 is 0 Å². The van der Waals surface area contributed by atoms with Crippen LogP contribution < -0.4 is 15.4 Å². The van der Waals surface area contributed by atoms with Crippen molar-refractivity contribution in [2.75, 3.05) is 11.9 Å². The molecule has 0 heterocycles. The third kappa shape index (κ3) is 5.57. The molecule has 0 unspecified atom stereocenters. The van der Waals surface area contributed by atoms with Crippen LogP contribution in [0, 0.1) is 0 Å². The molecule has 1 amide bonds. The van der Waals surface area contributed by atoms with Crippen LogP contribution in [0.4, 0.5) is 5.69 Å². The van der Waals surface area contributed by atoms with Crippen LogP contribution in [-0.2, 0) is 4.79 Å². The molecule has 0 saturated heterocycles. The molecule has 0 spiro atoms. The predicted molar refractivity (Wildman–Crippen MR) is 74.0 cm³/mol. The fourth-order valence-corrected chi connectivity index (χ4v) is 1.48. The first kappa shape index (κ1) is 14.4. The van der Waals surface area contributed by atoms with E-state index in [1.165, 1.54) is 0 Å². The summed E-state index contributed by atoms with van der Waals surface area (Å²) in [5.41, 5.74) is 0.907. The van der Waals surface area contributed by atoms with E-state index in [0.29, 0.717) is 0 Å². The van der Waals surface area contributed by atoms with Gasteiger partial charge in [0.05, 0.1) is 12.6 Å². The number of benzene rings is 1. The highest BCUT2D eigenvalue weighted by Gasteiger charge is 2.03. The maximum atomic E-state index is 11.4. The lowest BCUT2D eigenvalue weighted by atomic mass is 10.3. The Labute approximate surface area is 109 Å². The molecule has 0 aromatic heterocycles. The van der Waals surface area contributed by atoms with Crippen molar-refractivity contribution in [1.29, 1.82) is 0 Å². The zero-order valence-corrected chi connectivity index (χ0v) is 11.5. The fraction of sp³-hybridized carbons (Fsp3) is 0.500. The van der Waals surface area contributed by atoms with Crippen molar-refractivity contribution < 1.29 is 9.53 Å². The molecule has 4 nitrogen and oxygen atoms in total. The highest BCUT2D eigenvalue weighted by molar-refractivity contribution is 5.80. The third-order valence-electron chi connectivity index (χ3n) is 2.13. The van der Waals surface area contributed by atoms with Gasteiger partial charge < -0.3 is 15.4 Å². The predicted octanol–water partition coefficient (Wildman–Crippen LogP) is 2.41. The van der Waals surface area contributed by atoms with Crippen LogP contribution in [0.15, 0.2) is 24.3 Å². The Balaban J connectivity index is 2.41. The van der Waals surface area contributed by atoms with Crippen LogP contribution in [0.2, 0.25) is 0 Å². The summed E-state index contributed by atoms with van der Waals surface area (Å²) in [6.45, 7) is 8.14. The summed E-state index contributed by atoms with van der Waals surface area (Å²) >= 11 is 0. The van der Waals surface area contributed by atoms with Crippen molar-refractivity contribution in [3.8, 4) is 5.75 Å². The minimum atomic E-state index is -0.00694. The van der Waals surface area contributed by atoms with E-state index in [1.807, 2.05) is 52.0 Å². The molecule has 1 rings (SSSR count). The summed E-state index contributed by atoms with van der Waals surface area (Å²) < 4.78 is 5.54. The number of hydrogen-bond acceptors (Lipinski definition) is 3. The number of rotatable bonds is 6. The molecule has 1 aromatic rings. The smallest absolute Gasteiger partial charge is 0.239 e. The summed E-state index contributed by atoms with van der Waals surface area (Å²) in [6.07, 6.45) is 0.167. The van der Waals surface area contributed by atoms with Gasteiger partial charge in [0.1, 0.15) is 5.75 Å². The summed E-state index contributed by atoms with van der Waals surface area (Å²) in [7, 11) is 0. The molecule has 100 valence electrons. The Bertz CT molecular complexity index is 372. The van der Waals surface area contributed by atoms with Crippen LogP contribution in [0.3, 0.4) is 0 Å². The van der Waals surface area contributed by atoms with Gasteiger partial charge in [0, 0.05) is 11.7 Å². The molecule has 0 fully saturated rings. The van der Waals surface area contributed by atoms with Gasteiger partial charge in [0.2, 0.25) is 5.91 Å². The van der Waals surface area contributed by atoms with Gasteiger partial charge in [0.25, 0.3) is 0 Å². The van der Waals surface area contributed by atoms with E-state index in [9.17, 15) is 4.79 Å². The molecule has 0 atom stereocenters. The molecule has 0 radical (unpaired) electrons. The minimum Gasteiger partial charge on any atom is -0.491 e. The second-order valence-corrected chi connectivity index (χ2v) is 4.77. The first-order valence-corrected chi connectivity index (χ1v) is 6.27. The second-order valence-electron chi connectivity index (χ2n) is 4.77. The fourth-order valence-electron chi connectivity index (χ4n) is 1.48. The van der Waals surface area contributed by atoms with Crippen molar-refractivity contribution >= 4 is 11.6 Å². The number of nitrogens with one attached hydrogen (secondary N) is 2. The molecular weight excluding hydrogens is 228 g/mol. The van der Waals surface area contributed by atoms with Crippen molar-refractivity contribution in [2.45, 2.75) is 39.8 Å². The lowest BCUT2D eigenvalue weighted by Gasteiger charge is -2.12. The van der Waals surface area contributed by atoms with Gasteiger partial charge in [-0.05, 0) is 52.0 Å². The highest BCUT2D eigenvalue weighted by atomic mass is 16.5. The van der Waals surface area contributed by atoms with E-state index < -0.39 is 0 Å². The molecule has 0 aliphatic carbocycles. The number of amides is 1. The quantitative estimate of drug-likeness (QED) is 0.815. The molecule has 0 aliphatic rings. The average Bonchev–Trinajstić information content (AvgIpc) is 2.26. The van der Waals surface area contributed by atoms with Crippen LogP contribution in [-0.4, -0.2) is 24.6 Å². The van der Waals surface area contributed by atoms with Crippen LogP contribution in [0.1, 0.15) is 27.7 Å². The number of carbonyl (C=O) groups is 1. The van der Waals surface area contributed by atoms with Gasteiger partial charge in [-0.15, -0.1) is 0 Å². The van der Waals surface area contributed by atoms with Gasteiger partial charge in [-0.3, -0.25) is 4.79 Å². The maximum absolute atomic E-state index is 11.4. The largest absolute Gasteiger partial charge is 0.491 e. The SMILES string of the molecule is CC(C)NC(=O)CNc1ccc(OC(C)C)cc1. The Morgan fingerprint density at radius 2 is 1.78 bits per heavy atom. The molecule has 4 heteroatoms. The number of ether oxygens (including phenoxy) is 1. The van der Waals surface area contributed by atoms with Gasteiger partial charge in [-0.25, -0.2) is 0 Å². The second kappa shape index (κ2) is 6.89.